The van der Waals surface area contributed by atoms with Gasteiger partial charge in [-0.1, -0.05) is 13.0 Å². The number of benzene rings is 2. The van der Waals surface area contributed by atoms with Crippen molar-refractivity contribution in [2.45, 2.75) is 33.3 Å². The topological polar surface area (TPSA) is 84.9 Å². The van der Waals surface area contributed by atoms with Crippen molar-refractivity contribution in [1.82, 2.24) is 4.90 Å². The number of rotatable bonds is 9. The molecule has 0 unspecified atom stereocenters. The second-order valence-corrected chi connectivity index (χ2v) is 9.54. The Labute approximate surface area is 211 Å². The van der Waals surface area contributed by atoms with E-state index in [1.54, 1.807) is 36.4 Å². The number of hydrogen-bond acceptors (Lipinski definition) is 6. The van der Waals surface area contributed by atoms with Gasteiger partial charge in [0.2, 0.25) is 5.91 Å². The lowest BCUT2D eigenvalue weighted by molar-refractivity contribution is -0.127. The molecule has 2 aromatic carbocycles. The van der Waals surface area contributed by atoms with Crippen LogP contribution < -0.4 is 14.8 Å². The lowest BCUT2D eigenvalue weighted by Gasteiger charge is -2.16. The second kappa shape index (κ2) is 11.6. The molecule has 3 rings (SSSR count). The molecule has 1 aliphatic rings. The van der Waals surface area contributed by atoms with Gasteiger partial charge in [-0.2, -0.15) is 0 Å². The lowest BCUT2D eigenvalue weighted by atomic mass is 10.1. The Bertz CT molecular complexity index is 1070. The third-order valence-electron chi connectivity index (χ3n) is 4.77. The average Bonchev–Trinajstić information content (AvgIpc) is 3.04. The number of nitrogens with one attached hydrogen (secondary N) is 1. The van der Waals surface area contributed by atoms with Gasteiger partial charge in [0.1, 0.15) is 6.54 Å². The number of nitrogens with zero attached hydrogens (tertiary/aromatic N) is 1. The van der Waals surface area contributed by atoms with Crippen LogP contribution in [0.3, 0.4) is 0 Å². The van der Waals surface area contributed by atoms with E-state index >= 15 is 0 Å². The summed E-state index contributed by atoms with van der Waals surface area (Å²) in [5.74, 6) is 0.261. The van der Waals surface area contributed by atoms with Gasteiger partial charge in [-0.3, -0.25) is 19.3 Å². The van der Waals surface area contributed by atoms with Crippen LogP contribution in [0.5, 0.6) is 11.5 Å². The molecule has 1 aliphatic heterocycles. The molecule has 0 radical (unpaired) electrons. The van der Waals surface area contributed by atoms with E-state index in [0.29, 0.717) is 29.4 Å². The molecular weight excluding hydrogens is 555 g/mol. The quantitative estimate of drug-likeness (QED) is 0.310. The largest absolute Gasteiger partial charge is 0.490 e. The molecule has 0 aromatic heterocycles. The van der Waals surface area contributed by atoms with Gasteiger partial charge in [0, 0.05) is 9.26 Å². The molecule has 174 valence electrons. The molecule has 0 aliphatic carbocycles. The Balaban J connectivity index is 1.72. The van der Waals surface area contributed by atoms with Crippen LogP contribution in [-0.4, -0.2) is 41.2 Å². The van der Waals surface area contributed by atoms with E-state index in [9.17, 15) is 14.4 Å². The Morgan fingerprint density at radius 1 is 1.15 bits per heavy atom. The van der Waals surface area contributed by atoms with Crippen LogP contribution in [0, 0.1) is 3.57 Å². The second-order valence-electron chi connectivity index (χ2n) is 7.30. The van der Waals surface area contributed by atoms with Gasteiger partial charge in [-0.25, -0.2) is 0 Å². The first-order valence-corrected chi connectivity index (χ1v) is 12.4. The zero-order chi connectivity index (χ0) is 24.0. The van der Waals surface area contributed by atoms with E-state index in [-0.39, 0.29) is 17.6 Å². The van der Waals surface area contributed by atoms with Crippen LogP contribution >= 0.6 is 34.4 Å². The summed E-state index contributed by atoms with van der Waals surface area (Å²) < 4.78 is 12.6. The van der Waals surface area contributed by atoms with E-state index in [1.807, 2.05) is 32.9 Å². The summed E-state index contributed by atoms with van der Waals surface area (Å²) in [5.41, 5.74) is 1.30. The van der Waals surface area contributed by atoms with Crippen LogP contribution in [0.15, 0.2) is 47.4 Å². The van der Waals surface area contributed by atoms with Crippen LogP contribution in [0.4, 0.5) is 10.5 Å². The third kappa shape index (κ3) is 6.73. The molecule has 1 saturated heterocycles. The van der Waals surface area contributed by atoms with E-state index in [0.717, 1.165) is 26.7 Å². The maximum atomic E-state index is 12.8. The molecule has 1 fully saturated rings. The number of amides is 3. The fourth-order valence-electron chi connectivity index (χ4n) is 2.95. The van der Waals surface area contributed by atoms with E-state index in [4.69, 9.17) is 9.47 Å². The Hall–Kier alpha value is -2.53. The summed E-state index contributed by atoms with van der Waals surface area (Å²) in [6.45, 7) is 6.02. The van der Waals surface area contributed by atoms with E-state index < -0.39 is 17.1 Å². The highest BCUT2D eigenvalue weighted by molar-refractivity contribution is 14.1. The van der Waals surface area contributed by atoms with Crippen LogP contribution in [0.2, 0.25) is 0 Å². The molecule has 7 nitrogen and oxygen atoms in total. The summed E-state index contributed by atoms with van der Waals surface area (Å²) in [6, 6.07) is 12.6. The number of halogens is 1. The first kappa shape index (κ1) is 25.1. The van der Waals surface area contributed by atoms with Gasteiger partial charge >= 0.3 is 0 Å². The molecule has 9 heteroatoms. The number of anilines is 1. The summed E-state index contributed by atoms with van der Waals surface area (Å²) in [4.78, 5) is 38.7. The first-order chi connectivity index (χ1) is 15.8. The Morgan fingerprint density at radius 3 is 2.55 bits per heavy atom. The SMILES string of the molecule is CCOc1cc(/C=C2/SC(=O)N(CC(=O)Nc3ccc(I)cc3)C2=O)ccc1O[C@H](C)CC. The van der Waals surface area contributed by atoms with Crippen molar-refractivity contribution < 1.29 is 23.9 Å². The number of carbonyl (C=O) groups is 3. The predicted octanol–water partition coefficient (Wildman–Crippen LogP) is 5.54. The fourth-order valence-corrected chi connectivity index (χ4v) is 4.14. The number of thioether (sulfide) groups is 1. The molecule has 3 amide bonds. The molecule has 2 aromatic rings. The monoisotopic (exact) mass is 580 g/mol. The predicted molar refractivity (Wildman–Crippen MR) is 138 cm³/mol. The van der Waals surface area contributed by atoms with Crippen molar-refractivity contribution in [1.29, 1.82) is 0 Å². The maximum absolute atomic E-state index is 12.8. The molecule has 0 bridgehead atoms. The lowest BCUT2D eigenvalue weighted by Crippen LogP contribution is -2.36. The van der Waals surface area contributed by atoms with Crippen molar-refractivity contribution in [3.05, 3.63) is 56.5 Å². The van der Waals surface area contributed by atoms with E-state index in [1.165, 1.54) is 0 Å². The minimum atomic E-state index is -0.499. The van der Waals surface area contributed by atoms with Crippen molar-refractivity contribution in [3.63, 3.8) is 0 Å². The summed E-state index contributed by atoms with van der Waals surface area (Å²) in [7, 11) is 0. The number of carbonyl (C=O) groups excluding carboxylic acids is 3. The van der Waals surface area contributed by atoms with E-state index in [2.05, 4.69) is 27.9 Å². The first-order valence-electron chi connectivity index (χ1n) is 10.5. The maximum Gasteiger partial charge on any atom is 0.294 e. The number of hydrogen-bond donors (Lipinski definition) is 1. The zero-order valence-corrected chi connectivity index (χ0v) is 21.6. The van der Waals surface area contributed by atoms with Crippen molar-refractivity contribution in [2.24, 2.45) is 0 Å². The van der Waals surface area contributed by atoms with Crippen molar-refractivity contribution >= 4 is 63.2 Å². The third-order valence-corrected chi connectivity index (χ3v) is 6.40. The molecule has 0 spiro atoms. The van der Waals surface area contributed by atoms with Crippen molar-refractivity contribution in [3.8, 4) is 11.5 Å². The molecule has 1 N–H and O–H groups in total. The number of imide groups is 1. The van der Waals surface area contributed by atoms with Crippen molar-refractivity contribution in [2.75, 3.05) is 18.5 Å². The van der Waals surface area contributed by atoms with Crippen LogP contribution in [0.25, 0.3) is 6.08 Å². The summed E-state index contributed by atoms with van der Waals surface area (Å²) >= 11 is 2.98. The minimum absolute atomic E-state index is 0.0391. The minimum Gasteiger partial charge on any atom is -0.490 e. The molecule has 0 saturated carbocycles. The normalized spacial score (nSPS) is 15.6. The summed E-state index contributed by atoms with van der Waals surface area (Å²) in [5, 5.41) is 2.22. The standard InChI is InChI=1S/C24H25IN2O5S/c1-4-15(3)32-19-11-6-16(12-20(19)31-5-2)13-21-23(29)27(24(30)33-21)14-22(28)26-18-9-7-17(25)8-10-18/h6-13,15H,4-5,14H2,1-3H3,(H,26,28)/b21-13+/t15-/m1/s1. The highest BCUT2D eigenvalue weighted by Gasteiger charge is 2.36. The van der Waals surface area contributed by atoms with Gasteiger partial charge in [0.25, 0.3) is 11.1 Å². The van der Waals surface area contributed by atoms with Gasteiger partial charge in [-0.15, -0.1) is 0 Å². The smallest absolute Gasteiger partial charge is 0.294 e. The zero-order valence-electron chi connectivity index (χ0n) is 18.6. The average molecular weight is 580 g/mol. The van der Waals surface area contributed by atoms with Crippen LogP contribution in [-0.2, 0) is 9.59 Å². The molecule has 1 atom stereocenters. The Morgan fingerprint density at radius 2 is 1.88 bits per heavy atom. The Kier molecular flexibility index (Phi) is 8.79. The van der Waals surface area contributed by atoms with Gasteiger partial charge < -0.3 is 14.8 Å². The molecule has 1 heterocycles. The molecular formula is C24H25IN2O5S. The van der Waals surface area contributed by atoms with Gasteiger partial charge in [0.15, 0.2) is 11.5 Å². The fraction of sp³-hybridized carbons (Fsp3) is 0.292. The number of ether oxygens (including phenoxy) is 2. The highest BCUT2D eigenvalue weighted by atomic mass is 127. The van der Waals surface area contributed by atoms with Crippen LogP contribution in [0.1, 0.15) is 32.8 Å². The molecule has 33 heavy (non-hydrogen) atoms. The highest BCUT2D eigenvalue weighted by Crippen LogP contribution is 2.35. The van der Waals surface area contributed by atoms with Gasteiger partial charge in [-0.05, 0) is 103 Å². The van der Waals surface area contributed by atoms with Gasteiger partial charge in [0.05, 0.1) is 17.6 Å². The summed E-state index contributed by atoms with van der Waals surface area (Å²) in [6.07, 6.45) is 2.52.